The molecule has 0 N–H and O–H groups in total. The first-order valence-corrected chi connectivity index (χ1v) is 9.50. The molecule has 154 valence electrons. The second-order valence-corrected chi connectivity index (χ2v) is 6.79. The Labute approximate surface area is 173 Å². The van der Waals surface area contributed by atoms with Crippen LogP contribution in [0.15, 0.2) is 65.5 Å². The zero-order valence-electron chi connectivity index (χ0n) is 16.5. The maximum Gasteiger partial charge on any atom is 0.274 e. The predicted molar refractivity (Wildman–Crippen MR) is 109 cm³/mol. The molecule has 0 spiro atoms. The fraction of sp³-hybridized carbons (Fsp3) is 0.227. The van der Waals surface area contributed by atoms with E-state index in [1.54, 1.807) is 7.05 Å². The molecule has 8 nitrogen and oxygen atoms in total. The first-order valence-electron chi connectivity index (χ1n) is 9.50. The first kappa shape index (κ1) is 19.5. The van der Waals surface area contributed by atoms with Gasteiger partial charge in [0, 0.05) is 19.7 Å². The number of carbonyl (C=O) groups excluding carboxylic acids is 1. The second-order valence-electron chi connectivity index (χ2n) is 6.79. The molecule has 4 rings (SSSR count). The van der Waals surface area contributed by atoms with Crippen LogP contribution in [0, 0.1) is 0 Å². The van der Waals surface area contributed by atoms with Crippen LogP contribution in [-0.2, 0) is 13.1 Å². The molecule has 0 saturated heterocycles. The van der Waals surface area contributed by atoms with Crippen LogP contribution < -0.4 is 19.8 Å². The molecule has 0 saturated carbocycles. The van der Waals surface area contributed by atoms with Crippen LogP contribution in [0.2, 0.25) is 0 Å². The van der Waals surface area contributed by atoms with Crippen molar-refractivity contribution in [2.45, 2.75) is 13.1 Å². The van der Waals surface area contributed by atoms with Crippen LogP contribution in [0.3, 0.4) is 0 Å². The molecule has 30 heavy (non-hydrogen) atoms. The number of hydrogen-bond donors (Lipinski definition) is 0. The van der Waals surface area contributed by atoms with E-state index in [-0.39, 0.29) is 37.1 Å². The summed E-state index contributed by atoms with van der Waals surface area (Å²) in [4.78, 5) is 26.4. The van der Waals surface area contributed by atoms with E-state index in [1.165, 1.54) is 21.7 Å². The quantitative estimate of drug-likeness (QED) is 0.598. The zero-order valence-corrected chi connectivity index (χ0v) is 16.5. The van der Waals surface area contributed by atoms with Gasteiger partial charge in [0.05, 0.1) is 6.54 Å². The molecule has 0 atom stereocenters. The minimum Gasteiger partial charge on any atom is -0.492 e. The highest BCUT2D eigenvalue weighted by Crippen LogP contribution is 2.32. The monoisotopic (exact) mass is 407 g/mol. The summed E-state index contributed by atoms with van der Waals surface area (Å²) in [6, 6.07) is 17.6. The lowest BCUT2D eigenvalue weighted by molar-refractivity contribution is 0.0775. The molecule has 1 aromatic heterocycles. The van der Waals surface area contributed by atoms with Gasteiger partial charge in [0.2, 0.25) is 6.79 Å². The molecule has 0 bridgehead atoms. The van der Waals surface area contributed by atoms with E-state index in [2.05, 4.69) is 5.10 Å². The zero-order chi connectivity index (χ0) is 20.9. The van der Waals surface area contributed by atoms with Gasteiger partial charge < -0.3 is 19.1 Å². The first-order chi connectivity index (χ1) is 14.6. The van der Waals surface area contributed by atoms with Crippen LogP contribution in [-0.4, -0.2) is 41.0 Å². The summed E-state index contributed by atoms with van der Waals surface area (Å²) in [6.07, 6.45) is 0. The molecule has 8 heteroatoms. The van der Waals surface area contributed by atoms with Gasteiger partial charge in [-0.15, -0.1) is 0 Å². The van der Waals surface area contributed by atoms with E-state index in [9.17, 15) is 9.59 Å². The largest absolute Gasteiger partial charge is 0.492 e. The molecule has 1 aliphatic heterocycles. The van der Waals surface area contributed by atoms with E-state index in [1.807, 2.05) is 48.5 Å². The van der Waals surface area contributed by atoms with Gasteiger partial charge >= 0.3 is 0 Å². The summed E-state index contributed by atoms with van der Waals surface area (Å²) in [6.45, 7) is 1.07. The van der Waals surface area contributed by atoms with Crippen molar-refractivity contribution in [1.29, 1.82) is 0 Å². The number of nitrogens with zero attached hydrogens (tertiary/aromatic N) is 3. The van der Waals surface area contributed by atoms with Crippen molar-refractivity contribution < 1.29 is 19.0 Å². The highest BCUT2D eigenvalue weighted by molar-refractivity contribution is 5.91. The van der Waals surface area contributed by atoms with Crippen molar-refractivity contribution in [1.82, 2.24) is 14.7 Å². The molecule has 3 aromatic rings. The summed E-state index contributed by atoms with van der Waals surface area (Å²) >= 11 is 0. The van der Waals surface area contributed by atoms with Crippen molar-refractivity contribution in [2.75, 3.05) is 20.4 Å². The lowest BCUT2D eigenvalue weighted by Crippen LogP contribution is -2.31. The van der Waals surface area contributed by atoms with Gasteiger partial charge in [0.15, 0.2) is 11.5 Å². The van der Waals surface area contributed by atoms with Crippen molar-refractivity contribution in [3.63, 3.8) is 0 Å². The van der Waals surface area contributed by atoms with Gasteiger partial charge in [-0.1, -0.05) is 24.3 Å². The standard InChI is InChI=1S/C22H21N3O5/c1-24(14-16-7-9-19-20(13-16)30-15-29-19)22(27)18-8-10-21(26)25(23-18)11-12-28-17-5-3-2-4-6-17/h2-10,13H,11-12,14-15H2,1H3. The summed E-state index contributed by atoms with van der Waals surface area (Å²) in [5, 5.41) is 4.21. The van der Waals surface area contributed by atoms with Gasteiger partial charge in [-0.05, 0) is 35.9 Å². The molecule has 0 unspecified atom stereocenters. The Kier molecular flexibility index (Phi) is 5.65. The van der Waals surface area contributed by atoms with E-state index in [0.29, 0.717) is 23.8 Å². The second kappa shape index (κ2) is 8.69. The molecule has 2 aromatic carbocycles. The molecule has 1 amide bonds. The van der Waals surface area contributed by atoms with Gasteiger partial charge in [-0.2, -0.15) is 5.10 Å². The molecular formula is C22H21N3O5. The maximum atomic E-state index is 12.8. The van der Waals surface area contributed by atoms with Gasteiger partial charge in [0.25, 0.3) is 11.5 Å². The van der Waals surface area contributed by atoms with Crippen molar-refractivity contribution in [2.24, 2.45) is 0 Å². The van der Waals surface area contributed by atoms with Crippen LogP contribution in [0.4, 0.5) is 0 Å². The van der Waals surface area contributed by atoms with Crippen molar-refractivity contribution in [3.05, 3.63) is 82.3 Å². The molecule has 1 aliphatic rings. The molecule has 0 radical (unpaired) electrons. The minimum absolute atomic E-state index is 0.192. The number of rotatable bonds is 7. The van der Waals surface area contributed by atoms with Gasteiger partial charge in [-0.25, -0.2) is 4.68 Å². The third-order valence-electron chi connectivity index (χ3n) is 4.60. The third kappa shape index (κ3) is 4.43. The number of carbonyl (C=O) groups is 1. The Morgan fingerprint density at radius 1 is 1.10 bits per heavy atom. The normalized spacial score (nSPS) is 11.9. The van der Waals surface area contributed by atoms with Gasteiger partial charge in [-0.3, -0.25) is 9.59 Å². The van der Waals surface area contributed by atoms with E-state index >= 15 is 0 Å². The number of amides is 1. The molecule has 0 fully saturated rings. The molecule has 0 aliphatic carbocycles. The third-order valence-corrected chi connectivity index (χ3v) is 4.60. The summed E-state index contributed by atoms with van der Waals surface area (Å²) in [5.74, 6) is 1.78. The van der Waals surface area contributed by atoms with Crippen LogP contribution in [0.25, 0.3) is 0 Å². The van der Waals surface area contributed by atoms with Crippen LogP contribution in [0.1, 0.15) is 16.1 Å². The number of hydrogen-bond acceptors (Lipinski definition) is 6. The number of ether oxygens (including phenoxy) is 3. The Balaban J connectivity index is 1.40. The number of para-hydroxylation sites is 1. The number of fused-ring (bicyclic) bond motifs is 1. The Morgan fingerprint density at radius 2 is 1.90 bits per heavy atom. The number of benzene rings is 2. The van der Waals surface area contributed by atoms with Crippen molar-refractivity contribution >= 4 is 5.91 Å². The van der Waals surface area contributed by atoms with Crippen LogP contribution in [0.5, 0.6) is 17.2 Å². The highest BCUT2D eigenvalue weighted by atomic mass is 16.7. The fourth-order valence-corrected chi connectivity index (χ4v) is 3.07. The lowest BCUT2D eigenvalue weighted by Gasteiger charge is -2.17. The summed E-state index contributed by atoms with van der Waals surface area (Å²) in [7, 11) is 1.68. The topological polar surface area (TPSA) is 82.9 Å². The average Bonchev–Trinajstić information content (AvgIpc) is 3.23. The summed E-state index contributed by atoms with van der Waals surface area (Å²) < 4.78 is 17.5. The number of aromatic nitrogens is 2. The van der Waals surface area contributed by atoms with Crippen LogP contribution >= 0.6 is 0 Å². The highest BCUT2D eigenvalue weighted by Gasteiger charge is 2.18. The van der Waals surface area contributed by atoms with E-state index < -0.39 is 0 Å². The fourth-order valence-electron chi connectivity index (χ4n) is 3.07. The van der Waals surface area contributed by atoms with E-state index in [0.717, 1.165) is 5.56 Å². The lowest BCUT2D eigenvalue weighted by atomic mass is 10.2. The minimum atomic E-state index is -0.290. The molecule has 2 heterocycles. The Morgan fingerprint density at radius 3 is 2.73 bits per heavy atom. The molecular weight excluding hydrogens is 386 g/mol. The van der Waals surface area contributed by atoms with Gasteiger partial charge in [0.1, 0.15) is 18.1 Å². The Bertz CT molecular complexity index is 1100. The van der Waals surface area contributed by atoms with Crippen molar-refractivity contribution in [3.8, 4) is 17.2 Å². The SMILES string of the molecule is CN(Cc1ccc2c(c1)OCO2)C(=O)c1ccc(=O)n(CCOc2ccccc2)n1. The average molecular weight is 407 g/mol. The Hall–Kier alpha value is -3.81. The summed E-state index contributed by atoms with van der Waals surface area (Å²) in [5.41, 5.74) is 0.805. The smallest absolute Gasteiger partial charge is 0.274 e. The van der Waals surface area contributed by atoms with E-state index in [4.69, 9.17) is 14.2 Å². The predicted octanol–water partition coefficient (Wildman–Crippen LogP) is 2.32. The maximum absolute atomic E-state index is 12.8.